The predicted molar refractivity (Wildman–Crippen MR) is 96.1 cm³/mol. The number of anilines is 1. The number of hydrogen-bond acceptors (Lipinski definition) is 5. The number of rotatable bonds is 6. The van der Waals surface area contributed by atoms with Crippen LogP contribution in [0.2, 0.25) is 0 Å². The fraction of sp³-hybridized carbons (Fsp3) is 0.778. The minimum atomic E-state index is -0.138. The van der Waals surface area contributed by atoms with Gasteiger partial charge in [0.1, 0.15) is 5.01 Å². The quantitative estimate of drug-likeness (QED) is 0.815. The van der Waals surface area contributed by atoms with E-state index in [-0.39, 0.29) is 23.7 Å². The third-order valence-electron chi connectivity index (χ3n) is 6.17. The minimum Gasteiger partial charge on any atom is -0.355 e. The summed E-state index contributed by atoms with van der Waals surface area (Å²) in [6.07, 6.45) is 8.25. The van der Waals surface area contributed by atoms with Crippen molar-refractivity contribution in [2.24, 2.45) is 23.2 Å². The number of nitrogens with one attached hydrogen (secondary N) is 2. The lowest BCUT2D eigenvalue weighted by Gasteiger charge is -2.55. The predicted octanol–water partition coefficient (Wildman–Crippen LogP) is 2.76. The van der Waals surface area contributed by atoms with Crippen molar-refractivity contribution in [2.45, 2.75) is 58.3 Å². The topological polar surface area (TPSA) is 84.0 Å². The van der Waals surface area contributed by atoms with Crippen molar-refractivity contribution in [2.75, 3.05) is 11.9 Å². The summed E-state index contributed by atoms with van der Waals surface area (Å²) in [5.74, 6) is 2.33. The van der Waals surface area contributed by atoms with Crippen LogP contribution in [0.3, 0.4) is 0 Å². The maximum Gasteiger partial charge on any atom is 0.227 e. The number of carbonyl (C=O) groups is 2. The fourth-order valence-corrected chi connectivity index (χ4v) is 6.19. The maximum absolute atomic E-state index is 12.8. The van der Waals surface area contributed by atoms with Crippen LogP contribution in [-0.2, 0) is 16.0 Å². The second-order valence-corrected chi connectivity index (χ2v) is 9.17. The Morgan fingerprint density at radius 2 is 1.76 bits per heavy atom. The zero-order chi connectivity index (χ0) is 17.4. The molecule has 4 bridgehead atoms. The minimum absolute atomic E-state index is 0.121. The summed E-state index contributed by atoms with van der Waals surface area (Å²) in [7, 11) is 0. The van der Waals surface area contributed by atoms with Crippen LogP contribution < -0.4 is 10.6 Å². The van der Waals surface area contributed by atoms with E-state index < -0.39 is 0 Å². The van der Waals surface area contributed by atoms with Gasteiger partial charge in [-0.3, -0.25) is 9.59 Å². The Morgan fingerprint density at radius 1 is 1.12 bits per heavy atom. The maximum atomic E-state index is 12.8. The largest absolute Gasteiger partial charge is 0.355 e. The van der Waals surface area contributed by atoms with Gasteiger partial charge in [-0.15, -0.1) is 10.2 Å². The summed E-state index contributed by atoms with van der Waals surface area (Å²) >= 11 is 1.40. The van der Waals surface area contributed by atoms with Crippen molar-refractivity contribution < 1.29 is 9.59 Å². The Hall–Kier alpha value is -1.50. The molecule has 25 heavy (non-hydrogen) atoms. The molecule has 0 atom stereocenters. The third-order valence-corrected chi connectivity index (χ3v) is 7.16. The van der Waals surface area contributed by atoms with E-state index in [4.69, 9.17) is 0 Å². The average Bonchev–Trinajstić information content (AvgIpc) is 3.01. The molecule has 1 aromatic heterocycles. The molecule has 4 fully saturated rings. The van der Waals surface area contributed by atoms with E-state index >= 15 is 0 Å². The van der Waals surface area contributed by atoms with Gasteiger partial charge in [0.15, 0.2) is 0 Å². The molecule has 0 aromatic carbocycles. The Morgan fingerprint density at radius 3 is 2.32 bits per heavy atom. The number of hydrogen-bond donors (Lipinski definition) is 2. The number of carbonyl (C=O) groups excluding carboxylic acids is 2. The van der Waals surface area contributed by atoms with Gasteiger partial charge in [-0.2, -0.15) is 0 Å². The Kier molecular flexibility index (Phi) is 4.52. The summed E-state index contributed by atoms with van der Waals surface area (Å²) in [5.41, 5.74) is -0.138. The molecule has 1 heterocycles. The SMILES string of the molecule is CCc1nnc(NC(=O)CCNC(=O)C23CC4CC(CC(C4)C2)C3)s1. The molecule has 0 aliphatic heterocycles. The number of aromatic nitrogens is 2. The van der Waals surface area contributed by atoms with E-state index in [1.807, 2.05) is 6.92 Å². The molecule has 2 amide bonds. The molecule has 0 saturated heterocycles. The van der Waals surface area contributed by atoms with Crippen molar-refractivity contribution in [1.29, 1.82) is 0 Å². The van der Waals surface area contributed by atoms with Gasteiger partial charge in [0, 0.05) is 18.4 Å². The highest BCUT2D eigenvalue weighted by atomic mass is 32.1. The van der Waals surface area contributed by atoms with Crippen LogP contribution in [0.5, 0.6) is 0 Å². The number of nitrogens with zero attached hydrogens (tertiary/aromatic N) is 2. The average molecular weight is 362 g/mol. The zero-order valence-corrected chi connectivity index (χ0v) is 15.5. The molecular weight excluding hydrogens is 336 g/mol. The lowest BCUT2D eigenvalue weighted by atomic mass is 9.49. The van der Waals surface area contributed by atoms with Crippen LogP contribution in [0.25, 0.3) is 0 Å². The highest BCUT2D eigenvalue weighted by Crippen LogP contribution is 2.60. The van der Waals surface area contributed by atoms with Crippen LogP contribution in [0.1, 0.15) is 56.9 Å². The molecule has 6 nitrogen and oxygen atoms in total. The Labute approximate surface area is 152 Å². The van der Waals surface area contributed by atoms with Crippen molar-refractivity contribution >= 4 is 28.3 Å². The first kappa shape index (κ1) is 16.9. The van der Waals surface area contributed by atoms with Crippen LogP contribution in [0.15, 0.2) is 0 Å². The van der Waals surface area contributed by atoms with E-state index in [0.717, 1.165) is 48.4 Å². The molecule has 0 spiro atoms. The molecule has 0 unspecified atom stereocenters. The van der Waals surface area contributed by atoms with E-state index in [9.17, 15) is 9.59 Å². The van der Waals surface area contributed by atoms with Crippen LogP contribution in [-0.4, -0.2) is 28.6 Å². The Balaban J connectivity index is 1.26. The van der Waals surface area contributed by atoms with E-state index in [1.54, 1.807) is 0 Å². The molecular formula is C18H26N4O2S. The van der Waals surface area contributed by atoms with Gasteiger partial charge >= 0.3 is 0 Å². The summed E-state index contributed by atoms with van der Waals surface area (Å²) in [6, 6.07) is 0. The van der Waals surface area contributed by atoms with Crippen LogP contribution >= 0.6 is 11.3 Å². The van der Waals surface area contributed by atoms with Crippen LogP contribution in [0, 0.1) is 23.2 Å². The van der Waals surface area contributed by atoms with Crippen molar-refractivity contribution in [3.05, 3.63) is 5.01 Å². The van der Waals surface area contributed by atoms with E-state index in [0.29, 0.717) is 11.7 Å². The van der Waals surface area contributed by atoms with Gasteiger partial charge in [-0.25, -0.2) is 0 Å². The highest BCUT2D eigenvalue weighted by molar-refractivity contribution is 7.15. The molecule has 4 aliphatic carbocycles. The van der Waals surface area contributed by atoms with E-state index in [1.165, 1.54) is 30.6 Å². The van der Waals surface area contributed by atoms with Gasteiger partial charge in [0.05, 0.1) is 0 Å². The second-order valence-electron chi connectivity index (χ2n) is 8.11. The first-order valence-electron chi connectivity index (χ1n) is 9.47. The van der Waals surface area contributed by atoms with Crippen molar-refractivity contribution in [3.8, 4) is 0 Å². The number of amides is 2. The molecule has 5 rings (SSSR count). The van der Waals surface area contributed by atoms with Gasteiger partial charge in [-0.05, 0) is 62.7 Å². The summed E-state index contributed by atoms with van der Waals surface area (Å²) in [5, 5.41) is 15.2. The highest BCUT2D eigenvalue weighted by Gasteiger charge is 2.54. The van der Waals surface area contributed by atoms with Crippen molar-refractivity contribution in [1.82, 2.24) is 15.5 Å². The summed E-state index contributed by atoms with van der Waals surface area (Å²) in [4.78, 5) is 24.8. The lowest BCUT2D eigenvalue weighted by molar-refractivity contribution is -0.146. The fourth-order valence-electron chi connectivity index (χ4n) is 5.49. The second kappa shape index (κ2) is 6.67. The molecule has 1 aromatic rings. The first-order chi connectivity index (χ1) is 12.1. The molecule has 2 N–H and O–H groups in total. The molecule has 136 valence electrons. The lowest BCUT2D eigenvalue weighted by Crippen LogP contribution is -2.53. The molecule has 0 radical (unpaired) electrons. The standard InChI is InChI=1S/C18H26N4O2S/c1-2-15-21-22-17(25-15)20-14(23)3-4-19-16(24)18-8-11-5-12(9-18)7-13(6-11)10-18/h11-13H,2-10H2,1H3,(H,19,24)(H,20,22,23). The van der Waals surface area contributed by atoms with E-state index in [2.05, 4.69) is 20.8 Å². The van der Waals surface area contributed by atoms with Crippen molar-refractivity contribution in [3.63, 3.8) is 0 Å². The first-order valence-corrected chi connectivity index (χ1v) is 10.3. The van der Waals surface area contributed by atoms with Crippen LogP contribution in [0.4, 0.5) is 5.13 Å². The smallest absolute Gasteiger partial charge is 0.227 e. The van der Waals surface area contributed by atoms with Gasteiger partial charge < -0.3 is 10.6 Å². The monoisotopic (exact) mass is 362 g/mol. The van der Waals surface area contributed by atoms with Gasteiger partial charge in [0.2, 0.25) is 16.9 Å². The zero-order valence-electron chi connectivity index (χ0n) is 14.7. The number of aryl methyl sites for hydroxylation is 1. The molecule has 4 saturated carbocycles. The molecule has 4 aliphatic rings. The van der Waals surface area contributed by atoms with Gasteiger partial charge in [0.25, 0.3) is 0 Å². The Bertz CT molecular complexity index is 637. The van der Waals surface area contributed by atoms with Gasteiger partial charge in [-0.1, -0.05) is 18.3 Å². The summed E-state index contributed by atoms with van der Waals surface area (Å²) in [6.45, 7) is 2.40. The third kappa shape index (κ3) is 3.43. The summed E-state index contributed by atoms with van der Waals surface area (Å²) < 4.78 is 0. The normalized spacial score (nSPS) is 32.6. The molecule has 7 heteroatoms.